The van der Waals surface area contributed by atoms with Crippen LogP contribution < -0.4 is 0 Å². The summed E-state index contributed by atoms with van der Waals surface area (Å²) in [6.07, 6.45) is 0.585. The quantitative estimate of drug-likeness (QED) is 0.724. The van der Waals surface area contributed by atoms with Crippen LogP contribution in [0.5, 0.6) is 0 Å². The lowest BCUT2D eigenvalue weighted by Crippen LogP contribution is -1.91. The van der Waals surface area contributed by atoms with Crippen molar-refractivity contribution in [1.82, 2.24) is 0 Å². The van der Waals surface area contributed by atoms with Gasteiger partial charge in [0.05, 0.1) is 5.56 Å². The van der Waals surface area contributed by atoms with Gasteiger partial charge in [0.25, 0.3) is 0 Å². The summed E-state index contributed by atoms with van der Waals surface area (Å²) < 4.78 is 13.6. The van der Waals surface area contributed by atoms with E-state index < -0.39 is 0 Å². The first kappa shape index (κ1) is 9.21. The van der Waals surface area contributed by atoms with Gasteiger partial charge in [-0.2, -0.15) is 5.26 Å². The van der Waals surface area contributed by atoms with E-state index in [0.717, 1.165) is 0 Å². The molecule has 0 atom stereocenters. The Hall–Kier alpha value is -0.880. The molecule has 0 saturated carbocycles. The summed E-state index contributed by atoms with van der Waals surface area (Å²) in [5.41, 5.74) is 1.04. The van der Waals surface area contributed by atoms with E-state index in [2.05, 4.69) is 15.9 Å². The second-order valence-electron chi connectivity index (χ2n) is 2.35. The van der Waals surface area contributed by atoms with Crippen molar-refractivity contribution in [1.29, 1.82) is 5.26 Å². The Morgan fingerprint density at radius 2 is 2.25 bits per heavy atom. The molecule has 0 aliphatic carbocycles. The van der Waals surface area contributed by atoms with Crippen molar-refractivity contribution in [3.8, 4) is 6.07 Å². The summed E-state index contributed by atoms with van der Waals surface area (Å²) in [5.74, 6) is -0.261. The van der Waals surface area contributed by atoms with Gasteiger partial charge >= 0.3 is 0 Å². The lowest BCUT2D eigenvalue weighted by molar-refractivity contribution is 0.610. The molecule has 0 saturated heterocycles. The van der Waals surface area contributed by atoms with Crippen molar-refractivity contribution in [2.24, 2.45) is 0 Å². The Morgan fingerprint density at radius 1 is 1.58 bits per heavy atom. The van der Waals surface area contributed by atoms with Crippen LogP contribution in [-0.2, 0) is 6.42 Å². The minimum Gasteiger partial charge on any atom is -0.207 e. The van der Waals surface area contributed by atoms with E-state index in [4.69, 9.17) is 5.26 Å². The fourth-order valence-electron chi connectivity index (χ4n) is 1.01. The largest absolute Gasteiger partial charge is 0.207 e. The molecule has 12 heavy (non-hydrogen) atoms. The fraction of sp³-hybridized carbons (Fsp3) is 0.222. The van der Waals surface area contributed by atoms with E-state index in [-0.39, 0.29) is 5.82 Å². The Kier molecular flexibility index (Phi) is 2.83. The molecule has 0 unspecified atom stereocenters. The van der Waals surface area contributed by atoms with Crippen LogP contribution >= 0.6 is 15.9 Å². The highest BCUT2D eigenvalue weighted by molar-refractivity contribution is 9.10. The number of nitriles is 1. The van der Waals surface area contributed by atoms with Crippen LogP contribution in [0.2, 0.25) is 0 Å². The van der Waals surface area contributed by atoms with Gasteiger partial charge in [0, 0.05) is 10.0 Å². The van der Waals surface area contributed by atoms with Crippen LogP contribution in [0.4, 0.5) is 4.39 Å². The molecule has 1 aromatic rings. The molecule has 1 rings (SSSR count). The molecule has 0 fully saturated rings. The topological polar surface area (TPSA) is 23.8 Å². The standard InChI is InChI=1S/C9H7BrFN/c1-2-7-8(11)4-3-6(5-12)9(7)10/h3-4H,2H2,1H3. The Labute approximate surface area is 79.0 Å². The molecule has 0 aliphatic rings. The number of benzene rings is 1. The number of halogens is 2. The van der Waals surface area contributed by atoms with Crippen molar-refractivity contribution >= 4 is 15.9 Å². The summed E-state index contributed by atoms with van der Waals surface area (Å²) >= 11 is 3.19. The third kappa shape index (κ3) is 1.49. The molecule has 0 aromatic heterocycles. The summed E-state index contributed by atoms with van der Waals surface area (Å²) in [5, 5.41) is 8.63. The Bertz CT molecular complexity index is 341. The zero-order valence-corrected chi connectivity index (χ0v) is 8.15. The molecule has 1 aromatic carbocycles. The third-order valence-electron chi connectivity index (χ3n) is 1.66. The fourth-order valence-corrected chi connectivity index (χ4v) is 1.70. The Morgan fingerprint density at radius 3 is 2.75 bits per heavy atom. The zero-order chi connectivity index (χ0) is 9.14. The number of hydrogen-bond acceptors (Lipinski definition) is 1. The molecule has 62 valence electrons. The van der Waals surface area contributed by atoms with Crippen molar-refractivity contribution in [2.75, 3.05) is 0 Å². The lowest BCUT2D eigenvalue weighted by Gasteiger charge is -2.03. The summed E-state index contributed by atoms with van der Waals surface area (Å²) in [6, 6.07) is 4.78. The normalized spacial score (nSPS) is 9.50. The maximum Gasteiger partial charge on any atom is 0.127 e. The zero-order valence-electron chi connectivity index (χ0n) is 6.56. The second-order valence-corrected chi connectivity index (χ2v) is 3.15. The first-order valence-corrected chi connectivity index (χ1v) is 4.37. The monoisotopic (exact) mass is 227 g/mol. The highest BCUT2D eigenvalue weighted by Gasteiger charge is 2.08. The van der Waals surface area contributed by atoms with Gasteiger partial charge in [0.1, 0.15) is 11.9 Å². The van der Waals surface area contributed by atoms with E-state index in [1.165, 1.54) is 12.1 Å². The molecule has 3 heteroatoms. The van der Waals surface area contributed by atoms with Crippen LogP contribution in [0.15, 0.2) is 16.6 Å². The average molecular weight is 228 g/mol. The van der Waals surface area contributed by atoms with Crippen molar-refractivity contribution in [3.63, 3.8) is 0 Å². The van der Waals surface area contributed by atoms with Gasteiger partial charge in [-0.25, -0.2) is 4.39 Å². The van der Waals surface area contributed by atoms with Gasteiger partial charge in [-0.1, -0.05) is 6.92 Å². The van der Waals surface area contributed by atoms with Crippen LogP contribution in [0.1, 0.15) is 18.1 Å². The minimum absolute atomic E-state index is 0.261. The SMILES string of the molecule is CCc1c(F)ccc(C#N)c1Br. The summed E-state index contributed by atoms with van der Waals surface area (Å²) in [4.78, 5) is 0. The predicted octanol–water partition coefficient (Wildman–Crippen LogP) is 3.02. The van der Waals surface area contributed by atoms with Crippen LogP contribution in [0.25, 0.3) is 0 Å². The average Bonchev–Trinajstić information content (AvgIpc) is 2.06. The molecular weight excluding hydrogens is 221 g/mol. The smallest absolute Gasteiger partial charge is 0.127 e. The first-order valence-electron chi connectivity index (χ1n) is 3.57. The van der Waals surface area contributed by atoms with Gasteiger partial charge in [-0.3, -0.25) is 0 Å². The lowest BCUT2D eigenvalue weighted by atomic mass is 10.1. The van der Waals surface area contributed by atoms with Crippen LogP contribution in [0, 0.1) is 17.1 Å². The molecular formula is C9H7BrFN. The van der Waals surface area contributed by atoms with E-state index in [1.807, 2.05) is 13.0 Å². The maximum atomic E-state index is 13.0. The minimum atomic E-state index is -0.261. The van der Waals surface area contributed by atoms with E-state index in [0.29, 0.717) is 22.0 Å². The molecule has 0 N–H and O–H groups in total. The van der Waals surface area contributed by atoms with Gasteiger partial charge in [0.2, 0.25) is 0 Å². The number of nitrogens with zero attached hydrogens (tertiary/aromatic N) is 1. The molecule has 1 nitrogen and oxygen atoms in total. The maximum absolute atomic E-state index is 13.0. The van der Waals surface area contributed by atoms with Crippen LogP contribution in [0.3, 0.4) is 0 Å². The van der Waals surface area contributed by atoms with Gasteiger partial charge < -0.3 is 0 Å². The van der Waals surface area contributed by atoms with Crippen molar-refractivity contribution in [2.45, 2.75) is 13.3 Å². The summed E-state index contributed by atoms with van der Waals surface area (Å²) in [6.45, 7) is 1.85. The molecule has 0 bridgehead atoms. The third-order valence-corrected chi connectivity index (χ3v) is 2.57. The van der Waals surface area contributed by atoms with Crippen LogP contribution in [-0.4, -0.2) is 0 Å². The van der Waals surface area contributed by atoms with Gasteiger partial charge in [-0.15, -0.1) is 0 Å². The molecule has 0 spiro atoms. The molecule has 0 heterocycles. The van der Waals surface area contributed by atoms with E-state index in [9.17, 15) is 4.39 Å². The second kappa shape index (κ2) is 3.68. The Balaban J connectivity index is 3.36. The predicted molar refractivity (Wildman–Crippen MR) is 48.2 cm³/mol. The first-order chi connectivity index (χ1) is 5.70. The van der Waals surface area contributed by atoms with E-state index in [1.54, 1.807) is 0 Å². The molecule has 0 aliphatic heterocycles. The highest BCUT2D eigenvalue weighted by Crippen LogP contribution is 2.24. The van der Waals surface area contributed by atoms with E-state index >= 15 is 0 Å². The molecule has 0 amide bonds. The molecule has 0 radical (unpaired) electrons. The highest BCUT2D eigenvalue weighted by atomic mass is 79.9. The number of hydrogen-bond donors (Lipinski definition) is 0. The van der Waals surface area contributed by atoms with Crippen molar-refractivity contribution < 1.29 is 4.39 Å². The number of rotatable bonds is 1. The summed E-state index contributed by atoms with van der Waals surface area (Å²) in [7, 11) is 0. The van der Waals surface area contributed by atoms with Gasteiger partial charge in [-0.05, 0) is 34.5 Å². The van der Waals surface area contributed by atoms with Crippen molar-refractivity contribution in [3.05, 3.63) is 33.5 Å². The van der Waals surface area contributed by atoms with Gasteiger partial charge in [0.15, 0.2) is 0 Å².